The number of aliphatic carboxylic acids is 1. The third kappa shape index (κ3) is 3.81. The highest BCUT2D eigenvalue weighted by Gasteiger charge is 2.30. The summed E-state index contributed by atoms with van der Waals surface area (Å²) in [5.74, 6) is -0.342. The van der Waals surface area contributed by atoms with Gasteiger partial charge in [-0.15, -0.1) is 0 Å². The van der Waals surface area contributed by atoms with E-state index in [9.17, 15) is 14.7 Å². The number of hydrogen-bond acceptors (Lipinski definition) is 4. The molecule has 5 rings (SSSR count). The van der Waals surface area contributed by atoms with Crippen molar-refractivity contribution in [2.24, 2.45) is 0 Å². The molecule has 0 saturated heterocycles. The summed E-state index contributed by atoms with van der Waals surface area (Å²) in [6.07, 6.45) is -0.0807. The standard InChI is InChI=1S/C29H30N4O3/c1-17-9-11-20(12-10-17)26-21(16-25(34)35)19(3)27-28-22(26)15-18(2)32(28)13-14-33(27)24-8-6-7-23(30-24)29(36)31(4)5/h6-12,15H,13-14,16H2,1-5H3,(H,34,35). The smallest absolute Gasteiger partial charge is 0.307 e. The summed E-state index contributed by atoms with van der Waals surface area (Å²) < 4.78 is 2.31. The first-order valence-corrected chi connectivity index (χ1v) is 12.1. The van der Waals surface area contributed by atoms with Gasteiger partial charge in [-0.1, -0.05) is 35.9 Å². The van der Waals surface area contributed by atoms with E-state index in [1.54, 1.807) is 20.2 Å². The van der Waals surface area contributed by atoms with E-state index in [4.69, 9.17) is 4.98 Å². The summed E-state index contributed by atoms with van der Waals surface area (Å²) in [5, 5.41) is 10.9. The molecule has 1 amide bonds. The first-order valence-electron chi connectivity index (χ1n) is 12.1. The maximum Gasteiger partial charge on any atom is 0.307 e. The third-order valence-electron chi connectivity index (χ3n) is 7.03. The van der Waals surface area contributed by atoms with E-state index in [2.05, 4.69) is 46.7 Å². The molecule has 1 aliphatic heterocycles. The van der Waals surface area contributed by atoms with Crippen molar-refractivity contribution >= 4 is 34.3 Å². The first kappa shape index (κ1) is 23.6. The lowest BCUT2D eigenvalue weighted by molar-refractivity contribution is -0.136. The van der Waals surface area contributed by atoms with Crippen molar-refractivity contribution in [3.63, 3.8) is 0 Å². The number of carbonyl (C=O) groups excluding carboxylic acids is 1. The Bertz CT molecular complexity index is 1520. The Hall–Kier alpha value is -4.13. The SMILES string of the molecule is Cc1ccc(-c2c(CC(=O)O)c(C)c3c4c2cc(C)n4CCN3c2cccc(C(=O)N(C)C)n2)cc1. The molecule has 7 heteroatoms. The van der Waals surface area contributed by atoms with E-state index in [0.29, 0.717) is 18.1 Å². The summed E-state index contributed by atoms with van der Waals surface area (Å²) in [6.45, 7) is 7.58. The molecule has 0 unspecified atom stereocenters. The Morgan fingerprint density at radius 1 is 1.03 bits per heavy atom. The summed E-state index contributed by atoms with van der Waals surface area (Å²) in [5.41, 5.74) is 8.41. The van der Waals surface area contributed by atoms with Gasteiger partial charge in [0.1, 0.15) is 11.5 Å². The summed E-state index contributed by atoms with van der Waals surface area (Å²) >= 11 is 0. The van der Waals surface area contributed by atoms with Crippen molar-refractivity contribution in [3.05, 3.63) is 76.6 Å². The topological polar surface area (TPSA) is 78.7 Å². The lowest BCUT2D eigenvalue weighted by Gasteiger charge is -2.34. The maximum atomic E-state index is 12.6. The normalized spacial score (nSPS) is 12.8. The van der Waals surface area contributed by atoms with Crippen LogP contribution in [0.1, 0.15) is 32.9 Å². The average molecular weight is 483 g/mol. The van der Waals surface area contributed by atoms with E-state index >= 15 is 0 Å². The van der Waals surface area contributed by atoms with Gasteiger partial charge in [-0.05, 0) is 61.2 Å². The zero-order chi connectivity index (χ0) is 25.7. The Labute approximate surface area is 210 Å². The van der Waals surface area contributed by atoms with Gasteiger partial charge in [0.25, 0.3) is 5.91 Å². The van der Waals surface area contributed by atoms with Gasteiger partial charge in [-0.3, -0.25) is 9.59 Å². The lowest BCUT2D eigenvalue weighted by atomic mass is 9.88. The van der Waals surface area contributed by atoms with Crippen molar-refractivity contribution in [2.75, 3.05) is 25.5 Å². The fourth-order valence-corrected chi connectivity index (χ4v) is 5.30. The van der Waals surface area contributed by atoms with Crippen LogP contribution in [0.15, 0.2) is 48.5 Å². The number of hydrogen-bond donors (Lipinski definition) is 1. The van der Waals surface area contributed by atoms with Crippen LogP contribution in [-0.4, -0.2) is 52.1 Å². The molecule has 2 aromatic carbocycles. The Kier molecular flexibility index (Phi) is 5.79. The molecule has 0 spiro atoms. The Balaban J connectivity index is 1.80. The van der Waals surface area contributed by atoms with Crippen LogP contribution in [0.5, 0.6) is 0 Å². The number of nitrogens with zero attached hydrogens (tertiary/aromatic N) is 4. The fraction of sp³-hybridized carbons (Fsp3) is 0.276. The van der Waals surface area contributed by atoms with Gasteiger partial charge in [0.15, 0.2) is 0 Å². The molecule has 2 aromatic heterocycles. The number of aromatic nitrogens is 2. The van der Waals surface area contributed by atoms with Crippen LogP contribution >= 0.6 is 0 Å². The van der Waals surface area contributed by atoms with Crippen LogP contribution < -0.4 is 4.90 Å². The Morgan fingerprint density at radius 2 is 1.75 bits per heavy atom. The van der Waals surface area contributed by atoms with E-state index in [1.807, 2.05) is 26.0 Å². The molecule has 0 aliphatic carbocycles. The van der Waals surface area contributed by atoms with Crippen LogP contribution in [0.2, 0.25) is 0 Å². The van der Waals surface area contributed by atoms with E-state index < -0.39 is 5.97 Å². The summed E-state index contributed by atoms with van der Waals surface area (Å²) in [7, 11) is 3.42. The highest BCUT2D eigenvalue weighted by atomic mass is 16.4. The van der Waals surface area contributed by atoms with Crippen molar-refractivity contribution in [1.82, 2.24) is 14.5 Å². The van der Waals surface area contributed by atoms with Crippen molar-refractivity contribution in [3.8, 4) is 11.1 Å². The molecule has 0 radical (unpaired) electrons. The predicted octanol–water partition coefficient (Wildman–Crippen LogP) is 5.11. The zero-order valence-corrected chi connectivity index (χ0v) is 21.3. The summed E-state index contributed by atoms with van der Waals surface area (Å²) in [6, 6.07) is 15.9. The van der Waals surface area contributed by atoms with Gasteiger partial charge >= 0.3 is 5.97 Å². The fourth-order valence-electron chi connectivity index (χ4n) is 5.30. The van der Waals surface area contributed by atoms with E-state index in [0.717, 1.165) is 56.6 Å². The molecule has 0 atom stereocenters. The number of pyridine rings is 1. The number of carboxylic acid groups (broad SMARTS) is 1. The minimum atomic E-state index is -0.867. The number of carbonyl (C=O) groups is 2. The quantitative estimate of drug-likeness (QED) is 0.428. The zero-order valence-electron chi connectivity index (χ0n) is 21.3. The molecule has 7 nitrogen and oxygen atoms in total. The Morgan fingerprint density at radius 3 is 2.42 bits per heavy atom. The monoisotopic (exact) mass is 482 g/mol. The van der Waals surface area contributed by atoms with Crippen LogP contribution in [0.4, 0.5) is 11.5 Å². The van der Waals surface area contributed by atoms with Gasteiger partial charge < -0.3 is 19.5 Å². The van der Waals surface area contributed by atoms with Crippen LogP contribution in [0.25, 0.3) is 22.0 Å². The largest absolute Gasteiger partial charge is 0.481 e. The number of benzene rings is 2. The number of amides is 1. The second kappa shape index (κ2) is 8.82. The van der Waals surface area contributed by atoms with Crippen molar-refractivity contribution < 1.29 is 14.7 Å². The molecule has 0 fully saturated rings. The number of aryl methyl sites for hydroxylation is 2. The van der Waals surface area contributed by atoms with E-state index in [-0.39, 0.29) is 12.3 Å². The number of anilines is 2. The van der Waals surface area contributed by atoms with Gasteiger partial charge in [0.2, 0.25) is 0 Å². The third-order valence-corrected chi connectivity index (χ3v) is 7.03. The lowest BCUT2D eigenvalue weighted by Crippen LogP contribution is -2.30. The molecule has 4 aromatic rings. The van der Waals surface area contributed by atoms with Gasteiger partial charge in [-0.25, -0.2) is 4.98 Å². The molecule has 3 heterocycles. The van der Waals surface area contributed by atoms with Crippen LogP contribution in [0, 0.1) is 20.8 Å². The second-order valence-corrected chi connectivity index (χ2v) is 9.70. The van der Waals surface area contributed by atoms with Gasteiger partial charge in [0.05, 0.1) is 17.6 Å². The molecule has 1 N–H and O–H groups in total. The van der Waals surface area contributed by atoms with Crippen LogP contribution in [0.3, 0.4) is 0 Å². The molecular weight excluding hydrogens is 452 g/mol. The average Bonchev–Trinajstić information content (AvgIpc) is 3.18. The van der Waals surface area contributed by atoms with Crippen molar-refractivity contribution in [2.45, 2.75) is 33.7 Å². The molecular formula is C29H30N4O3. The first-order chi connectivity index (χ1) is 17.2. The molecule has 1 aliphatic rings. The maximum absolute atomic E-state index is 12.6. The van der Waals surface area contributed by atoms with Gasteiger partial charge in [0, 0.05) is 38.3 Å². The van der Waals surface area contributed by atoms with Crippen molar-refractivity contribution in [1.29, 1.82) is 0 Å². The molecule has 0 bridgehead atoms. The predicted molar refractivity (Wildman–Crippen MR) is 142 cm³/mol. The number of rotatable bonds is 5. The molecule has 0 saturated carbocycles. The number of carboxylic acids is 1. The van der Waals surface area contributed by atoms with Gasteiger partial charge in [-0.2, -0.15) is 0 Å². The minimum Gasteiger partial charge on any atom is -0.481 e. The highest BCUT2D eigenvalue weighted by molar-refractivity contribution is 6.08. The second-order valence-electron chi connectivity index (χ2n) is 9.70. The van der Waals surface area contributed by atoms with Crippen LogP contribution in [-0.2, 0) is 17.8 Å². The highest BCUT2D eigenvalue weighted by Crippen LogP contribution is 2.46. The minimum absolute atomic E-state index is 0.0807. The summed E-state index contributed by atoms with van der Waals surface area (Å²) in [4.78, 5) is 33.0. The molecule has 36 heavy (non-hydrogen) atoms. The molecule has 184 valence electrons. The van der Waals surface area contributed by atoms with E-state index in [1.165, 1.54) is 4.90 Å².